The summed E-state index contributed by atoms with van der Waals surface area (Å²) in [7, 11) is 0. The van der Waals surface area contributed by atoms with E-state index in [1.165, 1.54) is 21.9 Å². The van der Waals surface area contributed by atoms with Crippen LogP contribution in [0.15, 0.2) is 75.7 Å². The number of nitrogens with one attached hydrogen (secondary N) is 1. The molecule has 0 atom stereocenters. The number of para-hydroxylation sites is 1. The van der Waals surface area contributed by atoms with E-state index in [2.05, 4.69) is 21.4 Å². The number of carbonyl (C=O) groups is 1. The lowest BCUT2D eigenvalue weighted by Crippen LogP contribution is -2.14. The molecule has 3 aromatic carbocycles. The van der Waals surface area contributed by atoms with E-state index in [9.17, 15) is 14.7 Å². The number of fused-ring (bicyclic) bond motifs is 1. The Kier molecular flexibility index (Phi) is 5.33. The highest BCUT2D eigenvalue weighted by Gasteiger charge is 2.17. The highest BCUT2D eigenvalue weighted by Crippen LogP contribution is 2.38. The van der Waals surface area contributed by atoms with Crippen LogP contribution in [-0.4, -0.2) is 26.0 Å². The average molecular weight is 455 g/mol. The minimum atomic E-state index is -0.806. The number of nitrogens with zero attached hydrogens (tertiary/aromatic N) is 3. The van der Waals surface area contributed by atoms with Crippen LogP contribution in [0, 0.1) is 6.92 Å². The van der Waals surface area contributed by atoms with Crippen molar-refractivity contribution in [2.75, 3.05) is 0 Å². The normalized spacial score (nSPS) is 12.9. The zero-order valence-corrected chi connectivity index (χ0v) is 18.5. The van der Waals surface area contributed by atoms with Gasteiger partial charge in [-0.05, 0) is 73.2 Å². The van der Waals surface area contributed by atoms with E-state index in [1.54, 1.807) is 43.3 Å². The molecule has 4 N–H and O–H groups in total. The maximum Gasteiger partial charge on any atom is 0.549 e. The molecule has 170 valence electrons. The molecule has 0 aliphatic heterocycles. The third-order valence-electron chi connectivity index (χ3n) is 6.09. The summed E-state index contributed by atoms with van der Waals surface area (Å²) in [4.78, 5) is 24.5. The summed E-state index contributed by atoms with van der Waals surface area (Å²) < 4.78 is 1.46. The second-order valence-electron chi connectivity index (χ2n) is 8.32. The monoisotopic (exact) mass is 455 g/mol. The lowest BCUT2D eigenvalue weighted by Gasteiger charge is -2.06. The van der Waals surface area contributed by atoms with E-state index in [1.807, 2.05) is 12.1 Å². The van der Waals surface area contributed by atoms with E-state index >= 15 is 0 Å². The van der Waals surface area contributed by atoms with Gasteiger partial charge in [0.15, 0.2) is 11.4 Å². The Balaban J connectivity index is 1.49. The van der Waals surface area contributed by atoms with Gasteiger partial charge in [-0.3, -0.25) is 9.89 Å². The standard InChI is InChI=1S/C26H22N4O4/c1-15-23(25(32)30(29-15)20-12-11-16-5-2-6-17(16)14-20)28-27-22-10-4-9-21(24(22)31)18-7-3-8-19(13-18)26(33)34/h3-4,7-14,29,31H,2,5-6H2,1H3,(H,33,34)/p+1. The number of aromatic amines is 1. The van der Waals surface area contributed by atoms with Crippen LogP contribution in [-0.2, 0) is 12.8 Å². The molecule has 4 aromatic rings. The van der Waals surface area contributed by atoms with Crippen LogP contribution in [0.3, 0.4) is 0 Å². The highest BCUT2D eigenvalue weighted by atomic mass is 16.4. The van der Waals surface area contributed by atoms with Crippen molar-refractivity contribution in [2.24, 2.45) is 10.2 Å². The SMILES string of the molecule is Cc1[nH]n(-c2ccc3c(c2)CCC3)c(=O)c1N=Nc1cccc(-c2cccc(C(=O)[OH2+])c2)c1O. The molecule has 0 bridgehead atoms. The number of phenolic OH excluding ortho intramolecular Hbond substituents is 1. The minimum absolute atomic E-state index is 0.132. The number of hydrogen-bond donors (Lipinski definition) is 2. The molecule has 8 heteroatoms. The third kappa shape index (κ3) is 3.79. The second-order valence-corrected chi connectivity index (χ2v) is 8.32. The number of H-pyrrole nitrogens is 1. The largest absolute Gasteiger partial charge is 0.561 e. The molecule has 0 saturated carbocycles. The molecular weight excluding hydrogens is 432 g/mol. The summed E-state index contributed by atoms with van der Waals surface area (Å²) in [6.45, 7) is 1.75. The summed E-state index contributed by atoms with van der Waals surface area (Å²) >= 11 is 0. The fourth-order valence-corrected chi connectivity index (χ4v) is 4.31. The highest BCUT2D eigenvalue weighted by molar-refractivity contribution is 5.90. The first-order valence-electron chi connectivity index (χ1n) is 11.0. The molecule has 8 nitrogen and oxygen atoms in total. The van der Waals surface area contributed by atoms with Crippen LogP contribution in [0.5, 0.6) is 5.75 Å². The Bertz CT molecular complexity index is 1510. The summed E-state index contributed by atoms with van der Waals surface area (Å²) in [6.07, 6.45) is 3.21. The number of aromatic nitrogens is 2. The molecule has 0 unspecified atom stereocenters. The topological polar surface area (TPSA) is 123 Å². The molecule has 0 saturated heterocycles. The molecule has 0 spiro atoms. The van der Waals surface area contributed by atoms with Crippen molar-refractivity contribution in [1.82, 2.24) is 9.78 Å². The van der Waals surface area contributed by atoms with Crippen molar-refractivity contribution in [3.8, 4) is 22.6 Å². The lowest BCUT2D eigenvalue weighted by atomic mass is 10.0. The van der Waals surface area contributed by atoms with Crippen LogP contribution in [0.25, 0.3) is 16.8 Å². The van der Waals surface area contributed by atoms with Crippen molar-refractivity contribution in [1.29, 1.82) is 0 Å². The fraction of sp³-hybridized carbons (Fsp3) is 0.154. The van der Waals surface area contributed by atoms with Crippen LogP contribution >= 0.6 is 0 Å². The van der Waals surface area contributed by atoms with Gasteiger partial charge in [-0.2, -0.15) is 0 Å². The van der Waals surface area contributed by atoms with Crippen LogP contribution in [0.1, 0.15) is 33.6 Å². The number of benzene rings is 3. The van der Waals surface area contributed by atoms with E-state index in [0.29, 0.717) is 16.8 Å². The summed E-state index contributed by atoms with van der Waals surface area (Å²) in [6, 6.07) is 17.5. The molecule has 1 aliphatic rings. The maximum atomic E-state index is 13.1. The van der Waals surface area contributed by atoms with Gasteiger partial charge in [0.2, 0.25) is 0 Å². The first kappa shape index (κ1) is 21.4. The van der Waals surface area contributed by atoms with E-state index in [0.717, 1.165) is 24.9 Å². The number of rotatable bonds is 5. The predicted octanol–water partition coefficient (Wildman–Crippen LogP) is 4.62. The number of aromatic hydroxyl groups is 1. The van der Waals surface area contributed by atoms with Gasteiger partial charge in [-0.15, -0.1) is 10.2 Å². The average Bonchev–Trinajstić information content (AvgIpc) is 3.42. The predicted molar refractivity (Wildman–Crippen MR) is 129 cm³/mol. The van der Waals surface area contributed by atoms with Gasteiger partial charge in [0.1, 0.15) is 11.3 Å². The van der Waals surface area contributed by atoms with Gasteiger partial charge in [0.05, 0.1) is 11.4 Å². The van der Waals surface area contributed by atoms with Crippen LogP contribution in [0.4, 0.5) is 11.4 Å². The van der Waals surface area contributed by atoms with Gasteiger partial charge in [0, 0.05) is 10.4 Å². The van der Waals surface area contributed by atoms with Crippen LogP contribution in [0.2, 0.25) is 0 Å². The molecular formula is C26H23N4O4+. The van der Waals surface area contributed by atoms with Crippen molar-refractivity contribution < 1.29 is 15.0 Å². The first-order chi connectivity index (χ1) is 16.4. The fourth-order valence-electron chi connectivity index (χ4n) is 4.31. The second kappa shape index (κ2) is 8.47. The molecule has 34 heavy (non-hydrogen) atoms. The zero-order valence-electron chi connectivity index (χ0n) is 18.5. The van der Waals surface area contributed by atoms with Gasteiger partial charge in [-0.1, -0.05) is 30.3 Å². The van der Waals surface area contributed by atoms with Crippen molar-refractivity contribution in [3.05, 3.63) is 93.4 Å². The van der Waals surface area contributed by atoms with E-state index in [-0.39, 0.29) is 28.2 Å². The lowest BCUT2D eigenvalue weighted by molar-refractivity contribution is 0.0697. The number of hydrogen-bond acceptors (Lipinski definition) is 5. The Hall–Kier alpha value is -4.46. The summed E-state index contributed by atoms with van der Waals surface area (Å²) in [5.41, 5.74) is 5.17. The molecule has 1 aromatic heterocycles. The number of azo groups is 1. The molecule has 1 aliphatic carbocycles. The van der Waals surface area contributed by atoms with E-state index < -0.39 is 5.97 Å². The molecule has 0 fully saturated rings. The summed E-state index contributed by atoms with van der Waals surface area (Å²) in [5, 5.41) is 29.4. The third-order valence-corrected chi connectivity index (χ3v) is 6.09. The van der Waals surface area contributed by atoms with Gasteiger partial charge >= 0.3 is 5.97 Å². The molecule has 1 heterocycles. The Morgan fingerprint density at radius 3 is 2.65 bits per heavy atom. The Morgan fingerprint density at radius 1 is 1.03 bits per heavy atom. The molecule has 5 rings (SSSR count). The summed E-state index contributed by atoms with van der Waals surface area (Å²) in [5.74, 6) is -0.937. The number of carbonyl (C=O) groups excluding carboxylic acids is 1. The maximum absolute atomic E-state index is 13.1. The van der Waals surface area contributed by atoms with Crippen LogP contribution < -0.4 is 5.56 Å². The van der Waals surface area contributed by atoms with Gasteiger partial charge < -0.3 is 10.2 Å². The zero-order chi connectivity index (χ0) is 23.8. The number of phenols is 1. The van der Waals surface area contributed by atoms with Gasteiger partial charge in [0.25, 0.3) is 5.56 Å². The van der Waals surface area contributed by atoms with E-state index in [4.69, 9.17) is 5.11 Å². The smallest absolute Gasteiger partial charge is 0.549 e. The van der Waals surface area contributed by atoms with Crippen molar-refractivity contribution in [2.45, 2.75) is 26.2 Å². The van der Waals surface area contributed by atoms with Gasteiger partial charge in [-0.25, -0.2) is 4.68 Å². The molecule has 0 radical (unpaired) electrons. The first-order valence-corrected chi connectivity index (χ1v) is 11.0. The Labute approximate surface area is 194 Å². The Morgan fingerprint density at radius 2 is 1.82 bits per heavy atom. The van der Waals surface area contributed by atoms with Crippen molar-refractivity contribution >= 4 is 17.3 Å². The minimum Gasteiger partial charge on any atom is -0.561 e. The number of aryl methyl sites for hydroxylation is 3. The quantitative estimate of drug-likeness (QED) is 0.337. The van der Waals surface area contributed by atoms with Crippen molar-refractivity contribution in [3.63, 3.8) is 0 Å². The molecule has 0 amide bonds.